The SMILES string of the molecule is CC/C=C\C/C=C\C/C=C\C/C=C\C/C=C\C/C=C\C/C=C\CCCCCCCCCCCCCCCC(=O)OC(COC(=O)CCCCCC/C=C\C/C=C\C/C=C\C/C=C\C/C=C\C/C=C\CC)COP(=O)(O)OCC[N+](C)(C)C. The van der Waals surface area contributed by atoms with Crippen molar-refractivity contribution in [3.63, 3.8) is 0 Å². The topological polar surface area (TPSA) is 108 Å². The van der Waals surface area contributed by atoms with Gasteiger partial charge < -0.3 is 18.9 Å². The second kappa shape index (κ2) is 61.2. The summed E-state index contributed by atoms with van der Waals surface area (Å²) in [5, 5.41) is 0. The fraction of sp³-hybridized carbons (Fsp3) is 0.611. The van der Waals surface area contributed by atoms with Gasteiger partial charge in [-0.05, 0) is 122 Å². The number of hydrogen-bond acceptors (Lipinski definition) is 7. The van der Waals surface area contributed by atoms with Crippen molar-refractivity contribution >= 4 is 19.8 Å². The summed E-state index contributed by atoms with van der Waals surface area (Å²) < 4.78 is 34.6. The van der Waals surface area contributed by atoms with Crippen molar-refractivity contribution < 1.29 is 42.1 Å². The Morgan fingerprint density at radius 1 is 0.378 bits per heavy atom. The number of unbranched alkanes of at least 4 members (excludes halogenated alkanes) is 17. The Morgan fingerprint density at radius 2 is 0.659 bits per heavy atom. The molecule has 9 nitrogen and oxygen atoms in total. The van der Waals surface area contributed by atoms with E-state index in [4.69, 9.17) is 18.5 Å². The van der Waals surface area contributed by atoms with E-state index in [1.54, 1.807) is 0 Å². The lowest BCUT2D eigenvalue weighted by Crippen LogP contribution is -2.37. The van der Waals surface area contributed by atoms with Crippen LogP contribution >= 0.6 is 7.82 Å². The van der Waals surface area contributed by atoms with Gasteiger partial charge in [0.2, 0.25) is 0 Å². The summed E-state index contributed by atoms with van der Waals surface area (Å²) in [4.78, 5) is 35.8. The number of nitrogens with zero attached hydrogens (tertiary/aromatic N) is 1. The molecule has 82 heavy (non-hydrogen) atoms. The predicted molar refractivity (Wildman–Crippen MR) is 353 cm³/mol. The second-order valence-electron chi connectivity index (χ2n) is 22.0. The zero-order chi connectivity index (χ0) is 59.8. The van der Waals surface area contributed by atoms with Gasteiger partial charge in [-0.25, -0.2) is 4.57 Å². The summed E-state index contributed by atoms with van der Waals surface area (Å²) in [5.74, 6) is -0.837. The maximum Gasteiger partial charge on any atom is 0.472 e. The molecular weight excluding hydrogens is 1040 g/mol. The van der Waals surface area contributed by atoms with E-state index < -0.39 is 32.5 Å². The molecule has 0 rings (SSSR count). The van der Waals surface area contributed by atoms with Crippen LogP contribution in [0.3, 0.4) is 0 Å². The van der Waals surface area contributed by atoms with Gasteiger partial charge in [-0.15, -0.1) is 0 Å². The van der Waals surface area contributed by atoms with Crippen LogP contribution in [0.4, 0.5) is 0 Å². The zero-order valence-corrected chi connectivity index (χ0v) is 53.6. The smallest absolute Gasteiger partial charge is 0.462 e. The van der Waals surface area contributed by atoms with Gasteiger partial charge in [-0.1, -0.05) is 255 Å². The van der Waals surface area contributed by atoms with Crippen LogP contribution in [0, 0.1) is 0 Å². The van der Waals surface area contributed by atoms with Crippen molar-refractivity contribution in [3.05, 3.63) is 158 Å². The molecule has 0 saturated heterocycles. The van der Waals surface area contributed by atoms with E-state index in [9.17, 15) is 19.0 Å². The van der Waals surface area contributed by atoms with Crippen LogP contribution in [0.5, 0.6) is 0 Å². The Balaban J connectivity index is 4.17. The number of carbonyl (C=O) groups is 2. The quantitative estimate of drug-likeness (QED) is 0.0211. The first-order chi connectivity index (χ1) is 40.0. The Labute approximate surface area is 503 Å². The standard InChI is InChI=1S/C72H118NO8P/c1-6-8-10-12-14-16-18-20-22-24-26-28-30-31-32-33-34-35-36-37-38-39-40-41-43-45-47-49-51-53-55-57-59-61-63-65-72(75)81-70(69-80-82(76,77)79-67-66-73(3,4)5)68-78-71(74)64-62-60-58-56-54-52-50-48-46-44-42-29-27-25-23-21-19-17-15-13-11-9-7-2/h8-11,14-17,20-23,26-29,31-32,34-35,37-38,44,46,50,52,70H,6-7,12-13,18-19,24-25,30,33,36,39-43,45,47-49,51,53-69H2,1-5H3/p+1/b10-8-,11-9-,16-14-,17-15-,22-20-,23-21-,28-26-,29-27-,32-31-,35-34-,38-37-,46-44-,52-50-. The average molecular weight is 1160 g/mol. The minimum atomic E-state index is -4.41. The van der Waals surface area contributed by atoms with Crippen LogP contribution in [0.2, 0.25) is 0 Å². The van der Waals surface area contributed by atoms with Gasteiger partial charge in [0, 0.05) is 12.8 Å². The van der Waals surface area contributed by atoms with Gasteiger partial charge in [0.25, 0.3) is 0 Å². The third-order valence-electron chi connectivity index (χ3n) is 13.1. The van der Waals surface area contributed by atoms with Crippen molar-refractivity contribution in [2.75, 3.05) is 47.5 Å². The normalized spacial score (nSPS) is 14.3. The number of allylic oxidation sites excluding steroid dienone is 26. The largest absolute Gasteiger partial charge is 0.472 e. The number of rotatable bonds is 57. The minimum absolute atomic E-state index is 0.0187. The minimum Gasteiger partial charge on any atom is -0.462 e. The lowest BCUT2D eigenvalue weighted by atomic mass is 10.0. The fourth-order valence-corrected chi connectivity index (χ4v) is 8.92. The van der Waals surface area contributed by atoms with Crippen LogP contribution in [0.25, 0.3) is 0 Å². The van der Waals surface area contributed by atoms with Crippen LogP contribution in [0.15, 0.2) is 158 Å². The van der Waals surface area contributed by atoms with Gasteiger partial charge in [-0.2, -0.15) is 0 Å². The van der Waals surface area contributed by atoms with Crippen LogP contribution < -0.4 is 0 Å². The molecule has 0 spiro atoms. The molecule has 1 N–H and O–H groups in total. The van der Waals surface area contributed by atoms with E-state index in [0.29, 0.717) is 23.9 Å². The number of likely N-dealkylation sites (N-methyl/N-ethyl adjacent to an activating group) is 1. The first-order valence-corrected chi connectivity index (χ1v) is 33.7. The van der Waals surface area contributed by atoms with Gasteiger partial charge in [0.15, 0.2) is 6.10 Å². The molecule has 0 aliphatic carbocycles. The molecule has 2 atom stereocenters. The third kappa shape index (κ3) is 64.8. The molecule has 0 saturated carbocycles. The number of phosphoric ester groups is 1. The van der Waals surface area contributed by atoms with Crippen LogP contribution in [-0.2, 0) is 32.7 Å². The highest BCUT2D eigenvalue weighted by atomic mass is 31.2. The van der Waals surface area contributed by atoms with Gasteiger partial charge in [0.05, 0.1) is 27.7 Å². The molecule has 10 heteroatoms. The molecule has 0 aliphatic rings. The predicted octanol–water partition coefficient (Wildman–Crippen LogP) is 20.8. The molecule has 0 fully saturated rings. The van der Waals surface area contributed by atoms with Gasteiger partial charge >= 0.3 is 19.8 Å². The molecule has 2 unspecified atom stereocenters. The summed E-state index contributed by atoms with van der Waals surface area (Å²) in [5.41, 5.74) is 0. The van der Waals surface area contributed by atoms with E-state index in [1.165, 1.54) is 64.2 Å². The molecule has 0 bridgehead atoms. The number of quaternary nitrogens is 1. The first-order valence-electron chi connectivity index (χ1n) is 32.2. The Hall–Kier alpha value is -4.37. The molecule has 0 heterocycles. The van der Waals surface area contributed by atoms with Gasteiger partial charge in [0.1, 0.15) is 19.8 Å². The fourth-order valence-electron chi connectivity index (χ4n) is 8.18. The number of phosphoric acid groups is 1. The van der Waals surface area contributed by atoms with E-state index in [0.717, 1.165) is 128 Å². The molecular formula is C72H119NO8P+. The number of esters is 2. The second-order valence-corrected chi connectivity index (χ2v) is 23.5. The molecule has 0 aromatic heterocycles. The average Bonchev–Trinajstić information content (AvgIpc) is 3.45. The van der Waals surface area contributed by atoms with Crippen molar-refractivity contribution in [1.82, 2.24) is 0 Å². The summed E-state index contributed by atoms with van der Waals surface area (Å²) in [6.07, 6.45) is 91.8. The highest BCUT2D eigenvalue weighted by Gasteiger charge is 2.27. The van der Waals surface area contributed by atoms with Crippen molar-refractivity contribution in [1.29, 1.82) is 0 Å². The van der Waals surface area contributed by atoms with Gasteiger partial charge in [-0.3, -0.25) is 18.6 Å². The zero-order valence-electron chi connectivity index (χ0n) is 52.7. The summed E-state index contributed by atoms with van der Waals surface area (Å²) in [6.45, 7) is 4.16. The van der Waals surface area contributed by atoms with E-state index in [2.05, 4.69) is 172 Å². The highest BCUT2D eigenvalue weighted by Crippen LogP contribution is 2.43. The number of ether oxygens (including phenoxy) is 2. The van der Waals surface area contributed by atoms with E-state index in [1.807, 2.05) is 21.1 Å². The van der Waals surface area contributed by atoms with Crippen molar-refractivity contribution in [2.24, 2.45) is 0 Å². The molecule has 0 aliphatic heterocycles. The maximum absolute atomic E-state index is 12.9. The molecule has 0 amide bonds. The Bertz CT molecular complexity index is 1940. The molecule has 0 aromatic carbocycles. The highest BCUT2D eigenvalue weighted by molar-refractivity contribution is 7.47. The maximum atomic E-state index is 12.9. The number of carbonyl (C=O) groups excluding carboxylic acids is 2. The Morgan fingerprint density at radius 3 is 0.976 bits per heavy atom. The van der Waals surface area contributed by atoms with Crippen LogP contribution in [0.1, 0.15) is 232 Å². The van der Waals surface area contributed by atoms with Crippen molar-refractivity contribution in [3.8, 4) is 0 Å². The summed E-state index contributed by atoms with van der Waals surface area (Å²) >= 11 is 0. The summed E-state index contributed by atoms with van der Waals surface area (Å²) in [7, 11) is 1.44. The molecule has 464 valence electrons. The lowest BCUT2D eigenvalue weighted by Gasteiger charge is -2.24. The third-order valence-corrected chi connectivity index (χ3v) is 14.0. The molecule has 0 radical (unpaired) electrons. The van der Waals surface area contributed by atoms with E-state index >= 15 is 0 Å². The lowest BCUT2D eigenvalue weighted by molar-refractivity contribution is -0.870. The Kier molecular flexibility index (Phi) is 57.9. The van der Waals surface area contributed by atoms with Crippen LogP contribution in [-0.4, -0.2) is 74.9 Å². The molecule has 0 aromatic rings. The van der Waals surface area contributed by atoms with E-state index in [-0.39, 0.29) is 26.1 Å². The first kappa shape index (κ1) is 77.6. The summed E-state index contributed by atoms with van der Waals surface area (Å²) in [6, 6.07) is 0. The van der Waals surface area contributed by atoms with Crippen molar-refractivity contribution in [2.45, 2.75) is 238 Å². The number of hydrogen-bond donors (Lipinski definition) is 1. The monoisotopic (exact) mass is 1160 g/mol.